The second-order valence-corrected chi connectivity index (χ2v) is 3.76. The fraction of sp³-hybridized carbons (Fsp3) is 0.818. The van der Waals surface area contributed by atoms with Gasteiger partial charge in [-0.2, -0.15) is 0 Å². The molecule has 0 aromatic rings. The Labute approximate surface area is 81.8 Å². The molecule has 1 aliphatic heterocycles. The molecule has 0 saturated heterocycles. The summed E-state index contributed by atoms with van der Waals surface area (Å²) in [6, 6.07) is 0.505. The SMILES string of the molecule is CCCCCN1CCC=CC1CN. The summed E-state index contributed by atoms with van der Waals surface area (Å²) in [5.41, 5.74) is 5.70. The van der Waals surface area contributed by atoms with Crippen molar-refractivity contribution in [3.8, 4) is 0 Å². The van der Waals surface area contributed by atoms with Gasteiger partial charge in [-0.05, 0) is 19.4 Å². The van der Waals surface area contributed by atoms with E-state index in [-0.39, 0.29) is 0 Å². The van der Waals surface area contributed by atoms with E-state index in [1.54, 1.807) is 0 Å². The van der Waals surface area contributed by atoms with Gasteiger partial charge in [0.2, 0.25) is 0 Å². The summed E-state index contributed by atoms with van der Waals surface area (Å²) < 4.78 is 0. The van der Waals surface area contributed by atoms with Gasteiger partial charge < -0.3 is 5.73 Å². The normalized spacial score (nSPS) is 23.7. The van der Waals surface area contributed by atoms with Crippen molar-refractivity contribution in [3.63, 3.8) is 0 Å². The molecule has 1 rings (SSSR count). The summed E-state index contributed by atoms with van der Waals surface area (Å²) in [6.07, 6.45) is 9.68. The molecule has 0 bridgehead atoms. The van der Waals surface area contributed by atoms with Crippen LogP contribution >= 0.6 is 0 Å². The molecule has 0 fully saturated rings. The zero-order chi connectivity index (χ0) is 9.52. The van der Waals surface area contributed by atoms with Crippen LogP contribution in [0.1, 0.15) is 32.6 Å². The van der Waals surface area contributed by atoms with Crippen molar-refractivity contribution in [3.05, 3.63) is 12.2 Å². The first-order valence-electron chi connectivity index (χ1n) is 5.49. The molecule has 0 amide bonds. The maximum atomic E-state index is 5.70. The third kappa shape index (κ3) is 3.49. The predicted octanol–water partition coefficient (Wildman–Crippen LogP) is 1.77. The summed E-state index contributed by atoms with van der Waals surface area (Å²) in [7, 11) is 0. The molecule has 1 aliphatic rings. The topological polar surface area (TPSA) is 29.3 Å². The fourth-order valence-electron chi connectivity index (χ4n) is 1.85. The third-order valence-corrected chi connectivity index (χ3v) is 2.70. The number of nitrogens with two attached hydrogens (primary N) is 1. The third-order valence-electron chi connectivity index (χ3n) is 2.70. The van der Waals surface area contributed by atoms with Gasteiger partial charge in [-0.15, -0.1) is 0 Å². The Morgan fingerprint density at radius 2 is 2.31 bits per heavy atom. The minimum Gasteiger partial charge on any atom is -0.329 e. The quantitative estimate of drug-likeness (QED) is 0.518. The molecule has 0 aromatic carbocycles. The number of hydrogen-bond donors (Lipinski definition) is 1. The minimum absolute atomic E-state index is 0.505. The summed E-state index contributed by atoms with van der Waals surface area (Å²) >= 11 is 0. The van der Waals surface area contributed by atoms with E-state index in [0.29, 0.717) is 6.04 Å². The summed E-state index contributed by atoms with van der Waals surface area (Å²) in [4.78, 5) is 2.51. The van der Waals surface area contributed by atoms with Crippen LogP contribution in [0.25, 0.3) is 0 Å². The molecule has 2 N–H and O–H groups in total. The highest BCUT2D eigenvalue weighted by Gasteiger charge is 2.15. The molecule has 0 spiro atoms. The Bertz CT molecular complexity index is 154. The summed E-state index contributed by atoms with van der Waals surface area (Å²) in [6.45, 7) is 5.43. The first kappa shape index (κ1) is 10.7. The second kappa shape index (κ2) is 6.17. The average molecular weight is 182 g/mol. The van der Waals surface area contributed by atoms with Crippen LogP contribution in [0.4, 0.5) is 0 Å². The Morgan fingerprint density at radius 1 is 1.46 bits per heavy atom. The molecule has 0 saturated carbocycles. The van der Waals surface area contributed by atoms with E-state index in [9.17, 15) is 0 Å². The highest BCUT2D eigenvalue weighted by Crippen LogP contribution is 2.10. The number of rotatable bonds is 5. The van der Waals surface area contributed by atoms with E-state index in [4.69, 9.17) is 5.73 Å². The van der Waals surface area contributed by atoms with Crippen molar-refractivity contribution in [1.82, 2.24) is 4.90 Å². The van der Waals surface area contributed by atoms with E-state index in [2.05, 4.69) is 24.0 Å². The van der Waals surface area contributed by atoms with Crippen molar-refractivity contribution in [2.75, 3.05) is 19.6 Å². The van der Waals surface area contributed by atoms with Crippen LogP contribution in [-0.4, -0.2) is 30.6 Å². The van der Waals surface area contributed by atoms with Gasteiger partial charge in [-0.25, -0.2) is 0 Å². The molecule has 2 nitrogen and oxygen atoms in total. The Balaban J connectivity index is 2.26. The minimum atomic E-state index is 0.505. The number of hydrogen-bond acceptors (Lipinski definition) is 2. The lowest BCUT2D eigenvalue weighted by molar-refractivity contribution is 0.222. The highest BCUT2D eigenvalue weighted by atomic mass is 15.2. The van der Waals surface area contributed by atoms with Crippen molar-refractivity contribution < 1.29 is 0 Å². The zero-order valence-corrected chi connectivity index (χ0v) is 8.71. The van der Waals surface area contributed by atoms with E-state index in [1.807, 2.05) is 0 Å². The van der Waals surface area contributed by atoms with Gasteiger partial charge in [0.15, 0.2) is 0 Å². The van der Waals surface area contributed by atoms with Crippen LogP contribution < -0.4 is 5.73 Å². The molecule has 0 aliphatic carbocycles. The van der Waals surface area contributed by atoms with E-state index in [1.165, 1.54) is 38.8 Å². The molecular weight excluding hydrogens is 160 g/mol. The average Bonchev–Trinajstić information content (AvgIpc) is 2.19. The van der Waals surface area contributed by atoms with Gasteiger partial charge >= 0.3 is 0 Å². The van der Waals surface area contributed by atoms with Crippen molar-refractivity contribution in [2.24, 2.45) is 5.73 Å². The van der Waals surface area contributed by atoms with Crippen LogP contribution in [-0.2, 0) is 0 Å². The van der Waals surface area contributed by atoms with Crippen LogP contribution in [0.2, 0.25) is 0 Å². The lowest BCUT2D eigenvalue weighted by Crippen LogP contribution is -2.42. The second-order valence-electron chi connectivity index (χ2n) is 3.76. The van der Waals surface area contributed by atoms with E-state index >= 15 is 0 Å². The molecule has 2 heteroatoms. The first-order valence-corrected chi connectivity index (χ1v) is 5.49. The maximum Gasteiger partial charge on any atom is 0.0401 e. The first-order chi connectivity index (χ1) is 6.38. The van der Waals surface area contributed by atoms with Crippen molar-refractivity contribution in [2.45, 2.75) is 38.6 Å². The van der Waals surface area contributed by atoms with Crippen LogP contribution in [0.5, 0.6) is 0 Å². The zero-order valence-electron chi connectivity index (χ0n) is 8.71. The fourth-order valence-corrected chi connectivity index (χ4v) is 1.85. The monoisotopic (exact) mass is 182 g/mol. The standard InChI is InChI=1S/C11H22N2/c1-2-3-5-8-13-9-6-4-7-11(13)10-12/h4,7,11H,2-3,5-6,8-10,12H2,1H3. The Kier molecular flexibility index (Phi) is 5.09. The van der Waals surface area contributed by atoms with E-state index < -0.39 is 0 Å². The van der Waals surface area contributed by atoms with Gasteiger partial charge in [0, 0.05) is 19.1 Å². The van der Waals surface area contributed by atoms with Crippen molar-refractivity contribution >= 4 is 0 Å². The molecule has 1 unspecified atom stereocenters. The lowest BCUT2D eigenvalue weighted by Gasteiger charge is -2.31. The molecule has 1 atom stereocenters. The highest BCUT2D eigenvalue weighted by molar-refractivity contribution is 4.99. The molecule has 1 heterocycles. The molecule has 76 valence electrons. The number of nitrogens with zero attached hydrogens (tertiary/aromatic N) is 1. The van der Waals surface area contributed by atoms with Gasteiger partial charge in [-0.1, -0.05) is 31.9 Å². The van der Waals surface area contributed by atoms with Gasteiger partial charge in [0.25, 0.3) is 0 Å². The Hall–Kier alpha value is -0.340. The Morgan fingerprint density at radius 3 is 3.00 bits per heavy atom. The molecule has 13 heavy (non-hydrogen) atoms. The largest absolute Gasteiger partial charge is 0.329 e. The van der Waals surface area contributed by atoms with Gasteiger partial charge in [0.05, 0.1) is 0 Å². The van der Waals surface area contributed by atoms with Crippen LogP contribution in [0.3, 0.4) is 0 Å². The van der Waals surface area contributed by atoms with Crippen molar-refractivity contribution in [1.29, 1.82) is 0 Å². The van der Waals surface area contributed by atoms with Gasteiger partial charge in [-0.3, -0.25) is 4.90 Å². The van der Waals surface area contributed by atoms with Crippen LogP contribution in [0, 0.1) is 0 Å². The smallest absolute Gasteiger partial charge is 0.0401 e. The predicted molar refractivity (Wildman–Crippen MR) is 57.7 cm³/mol. The summed E-state index contributed by atoms with van der Waals surface area (Å²) in [5.74, 6) is 0. The lowest BCUT2D eigenvalue weighted by atomic mass is 10.1. The van der Waals surface area contributed by atoms with Gasteiger partial charge in [0.1, 0.15) is 0 Å². The van der Waals surface area contributed by atoms with E-state index in [0.717, 1.165) is 6.54 Å². The molecular formula is C11H22N2. The molecule has 0 radical (unpaired) electrons. The molecule has 0 aromatic heterocycles. The number of unbranched alkanes of at least 4 members (excludes halogenated alkanes) is 2. The van der Waals surface area contributed by atoms with Crippen LogP contribution in [0.15, 0.2) is 12.2 Å². The summed E-state index contributed by atoms with van der Waals surface area (Å²) in [5, 5.41) is 0. The maximum absolute atomic E-state index is 5.70.